The average Bonchev–Trinajstić information content (AvgIpc) is 2.41. The predicted molar refractivity (Wildman–Crippen MR) is 74.3 cm³/mol. The second kappa shape index (κ2) is 8.73. The van der Waals surface area contributed by atoms with Crippen LogP contribution in [0.3, 0.4) is 0 Å². The van der Waals surface area contributed by atoms with E-state index in [1.54, 1.807) is 6.92 Å². The van der Waals surface area contributed by atoms with Crippen molar-refractivity contribution in [2.45, 2.75) is 52.3 Å². The van der Waals surface area contributed by atoms with E-state index in [-0.39, 0.29) is 26.1 Å². The number of ether oxygens (including phenoxy) is 2. The molecule has 0 atom stereocenters. The molecule has 0 unspecified atom stereocenters. The lowest BCUT2D eigenvalue weighted by molar-refractivity contribution is -0.193. The van der Waals surface area contributed by atoms with Crippen LogP contribution in [0.4, 0.5) is 13.2 Å². The first-order valence-electron chi connectivity index (χ1n) is 7.15. The van der Waals surface area contributed by atoms with Crippen molar-refractivity contribution in [2.24, 2.45) is 0 Å². The monoisotopic (exact) mass is 341 g/mol. The van der Waals surface area contributed by atoms with E-state index in [0.717, 1.165) is 0 Å². The molecule has 0 aliphatic carbocycles. The Kier molecular flexibility index (Phi) is 8.05. The highest BCUT2D eigenvalue weighted by Gasteiger charge is 2.47. The molecule has 23 heavy (non-hydrogen) atoms. The highest BCUT2D eigenvalue weighted by molar-refractivity contribution is 5.86. The molecule has 0 aromatic rings. The normalized spacial score (nSPS) is 11.8. The molecular weight excluding hydrogens is 319 g/mol. The fourth-order valence-electron chi connectivity index (χ4n) is 1.83. The molecule has 0 aromatic carbocycles. The van der Waals surface area contributed by atoms with E-state index in [2.05, 4.69) is 4.74 Å². The van der Waals surface area contributed by atoms with Crippen molar-refractivity contribution >= 4 is 17.8 Å². The fourth-order valence-corrected chi connectivity index (χ4v) is 1.83. The van der Waals surface area contributed by atoms with Gasteiger partial charge in [-0.3, -0.25) is 14.4 Å². The lowest BCUT2D eigenvalue weighted by atomic mass is 9.95. The molecule has 134 valence electrons. The quantitative estimate of drug-likeness (QED) is 0.632. The van der Waals surface area contributed by atoms with E-state index in [0.29, 0.717) is 4.90 Å². The summed E-state index contributed by atoms with van der Waals surface area (Å²) in [5.74, 6) is -3.69. The van der Waals surface area contributed by atoms with Crippen LogP contribution in [-0.4, -0.2) is 54.2 Å². The fraction of sp³-hybridized carbons (Fsp3) is 0.786. The lowest BCUT2D eigenvalue weighted by Gasteiger charge is -2.38. The van der Waals surface area contributed by atoms with Crippen LogP contribution in [0.5, 0.6) is 0 Å². The molecule has 0 aliphatic heterocycles. The van der Waals surface area contributed by atoms with E-state index in [1.807, 2.05) is 0 Å². The topological polar surface area (TPSA) is 72.9 Å². The molecule has 0 heterocycles. The number of amides is 1. The highest BCUT2D eigenvalue weighted by atomic mass is 19.4. The Bertz CT molecular complexity index is 435. The van der Waals surface area contributed by atoms with Gasteiger partial charge in [-0.15, -0.1) is 0 Å². The number of hydrogen-bond acceptors (Lipinski definition) is 5. The van der Waals surface area contributed by atoms with Crippen LogP contribution in [0, 0.1) is 0 Å². The van der Waals surface area contributed by atoms with Gasteiger partial charge in [0.05, 0.1) is 13.2 Å². The van der Waals surface area contributed by atoms with Crippen LogP contribution in [0.25, 0.3) is 0 Å². The van der Waals surface area contributed by atoms with E-state index in [1.165, 1.54) is 20.8 Å². The molecule has 0 radical (unpaired) electrons. The first-order valence-corrected chi connectivity index (χ1v) is 7.15. The van der Waals surface area contributed by atoms with Gasteiger partial charge in [-0.2, -0.15) is 13.2 Å². The number of carbonyl (C=O) groups is 3. The van der Waals surface area contributed by atoms with Gasteiger partial charge in [-0.1, -0.05) is 0 Å². The van der Waals surface area contributed by atoms with E-state index in [4.69, 9.17) is 4.74 Å². The summed E-state index contributed by atoms with van der Waals surface area (Å²) in [5, 5.41) is 0. The van der Waals surface area contributed by atoms with Crippen LogP contribution in [0.1, 0.15) is 40.5 Å². The molecule has 0 fully saturated rings. The van der Waals surface area contributed by atoms with Crippen LogP contribution in [-0.2, 0) is 23.9 Å². The molecule has 0 N–H and O–H groups in total. The highest BCUT2D eigenvalue weighted by Crippen LogP contribution is 2.27. The molecule has 6 nitrogen and oxygen atoms in total. The van der Waals surface area contributed by atoms with Crippen molar-refractivity contribution in [1.29, 1.82) is 0 Å². The first kappa shape index (κ1) is 21.2. The summed E-state index contributed by atoms with van der Waals surface area (Å²) in [5.41, 5.74) is -1.38. The maximum absolute atomic E-state index is 12.8. The van der Waals surface area contributed by atoms with Gasteiger partial charge in [0, 0.05) is 12.0 Å². The Labute approximate surface area is 132 Å². The minimum atomic E-state index is -5.13. The largest absolute Gasteiger partial charge is 0.471 e. The number of rotatable bonds is 8. The van der Waals surface area contributed by atoms with Crippen molar-refractivity contribution < 1.29 is 37.0 Å². The van der Waals surface area contributed by atoms with Gasteiger partial charge in [0.2, 0.25) is 0 Å². The third-order valence-corrected chi connectivity index (χ3v) is 3.06. The van der Waals surface area contributed by atoms with Gasteiger partial charge >= 0.3 is 24.0 Å². The summed E-state index contributed by atoms with van der Waals surface area (Å²) in [4.78, 5) is 34.8. The summed E-state index contributed by atoms with van der Waals surface area (Å²) in [7, 11) is 0. The SMILES string of the molecule is CCOC(=O)CCC(C)(C)N(CC(=O)OCC)C(=O)C(F)(F)F. The van der Waals surface area contributed by atoms with Crippen molar-refractivity contribution in [3.8, 4) is 0 Å². The number of carbonyl (C=O) groups excluding carboxylic acids is 3. The van der Waals surface area contributed by atoms with Gasteiger partial charge in [-0.05, 0) is 34.1 Å². The molecule has 0 rings (SSSR count). The Morgan fingerprint density at radius 1 is 0.957 bits per heavy atom. The van der Waals surface area contributed by atoms with Gasteiger partial charge in [0.15, 0.2) is 0 Å². The summed E-state index contributed by atoms with van der Waals surface area (Å²) in [6, 6.07) is 0. The third-order valence-electron chi connectivity index (χ3n) is 3.06. The first-order chi connectivity index (χ1) is 10.5. The molecule has 0 saturated carbocycles. The van der Waals surface area contributed by atoms with Crippen molar-refractivity contribution in [3.63, 3.8) is 0 Å². The molecule has 9 heteroatoms. The summed E-state index contributed by atoms with van der Waals surface area (Å²) >= 11 is 0. The van der Waals surface area contributed by atoms with Gasteiger partial charge in [0.1, 0.15) is 6.54 Å². The molecular formula is C14H22F3NO5. The van der Waals surface area contributed by atoms with Crippen LogP contribution in [0.2, 0.25) is 0 Å². The second-order valence-electron chi connectivity index (χ2n) is 5.31. The average molecular weight is 341 g/mol. The Morgan fingerprint density at radius 3 is 1.87 bits per heavy atom. The van der Waals surface area contributed by atoms with E-state index >= 15 is 0 Å². The number of hydrogen-bond donors (Lipinski definition) is 0. The van der Waals surface area contributed by atoms with Crippen molar-refractivity contribution in [2.75, 3.05) is 19.8 Å². The summed E-state index contributed by atoms with van der Waals surface area (Å²) < 4.78 is 47.6. The number of nitrogens with zero attached hydrogens (tertiary/aromatic N) is 1. The van der Waals surface area contributed by atoms with E-state index < -0.39 is 36.1 Å². The molecule has 0 saturated heterocycles. The van der Waals surface area contributed by atoms with Gasteiger partial charge < -0.3 is 14.4 Å². The standard InChI is InChI=1S/C14H22F3NO5/c1-5-22-10(19)7-8-13(3,4)18(9-11(20)23-6-2)12(21)14(15,16)17/h5-9H2,1-4H3. The zero-order chi connectivity index (χ0) is 18.3. The summed E-state index contributed by atoms with van der Waals surface area (Å²) in [6.45, 7) is 5.07. The van der Waals surface area contributed by atoms with Gasteiger partial charge in [-0.25, -0.2) is 0 Å². The molecule has 0 bridgehead atoms. The van der Waals surface area contributed by atoms with Crippen molar-refractivity contribution in [3.05, 3.63) is 0 Å². The Balaban J connectivity index is 5.18. The van der Waals surface area contributed by atoms with Crippen molar-refractivity contribution in [1.82, 2.24) is 4.90 Å². The maximum atomic E-state index is 12.8. The third kappa shape index (κ3) is 7.34. The molecule has 1 amide bonds. The zero-order valence-corrected chi connectivity index (χ0v) is 13.7. The summed E-state index contributed by atoms with van der Waals surface area (Å²) in [6.07, 6.45) is -5.40. The number of esters is 2. The maximum Gasteiger partial charge on any atom is 0.471 e. The molecule has 0 aliphatic rings. The van der Waals surface area contributed by atoms with Crippen LogP contribution in [0.15, 0.2) is 0 Å². The number of halogens is 3. The zero-order valence-electron chi connectivity index (χ0n) is 13.7. The smallest absolute Gasteiger partial charge is 0.466 e. The Hall–Kier alpha value is -1.80. The van der Waals surface area contributed by atoms with E-state index in [9.17, 15) is 27.6 Å². The lowest BCUT2D eigenvalue weighted by Crippen LogP contribution is -2.55. The molecule has 0 aromatic heterocycles. The number of alkyl halides is 3. The molecule has 0 spiro atoms. The second-order valence-corrected chi connectivity index (χ2v) is 5.31. The Morgan fingerprint density at radius 2 is 1.43 bits per heavy atom. The van der Waals surface area contributed by atoms with Crippen LogP contribution >= 0.6 is 0 Å². The van der Waals surface area contributed by atoms with Gasteiger partial charge in [0.25, 0.3) is 0 Å². The predicted octanol–water partition coefficient (Wildman–Crippen LogP) is 2.06. The minimum absolute atomic E-state index is 0.0177. The minimum Gasteiger partial charge on any atom is -0.466 e. The van der Waals surface area contributed by atoms with Crippen LogP contribution < -0.4 is 0 Å².